The predicted octanol–water partition coefficient (Wildman–Crippen LogP) is 10.2. The summed E-state index contributed by atoms with van der Waals surface area (Å²) in [5.41, 5.74) is 13.3. The van der Waals surface area contributed by atoms with Crippen LogP contribution in [-0.2, 0) is 5.41 Å². The summed E-state index contributed by atoms with van der Waals surface area (Å²) in [7, 11) is 0. The Morgan fingerprint density at radius 1 is 0.571 bits per heavy atom. The Balaban J connectivity index is 0.00000141. The molecule has 4 aromatic rings. The molecule has 0 saturated heterocycles. The smallest absolute Gasteiger partial charge is 0.0465 e. The fourth-order valence-corrected chi connectivity index (χ4v) is 5.00. The molecule has 0 bridgehead atoms. The molecule has 35 heavy (non-hydrogen) atoms. The van der Waals surface area contributed by atoms with E-state index in [-0.39, 0.29) is 5.41 Å². The third kappa shape index (κ3) is 4.78. The highest BCUT2D eigenvalue weighted by Gasteiger charge is 2.27. The van der Waals surface area contributed by atoms with Crippen LogP contribution in [0.5, 0.6) is 0 Å². The largest absolute Gasteiger partial charge is 0.310 e. The first kappa shape index (κ1) is 24.8. The average Bonchev–Trinajstić information content (AvgIpc) is 3.12. The van der Waals surface area contributed by atoms with Crippen LogP contribution in [0.25, 0.3) is 11.1 Å². The second-order valence-corrected chi connectivity index (χ2v) is 10.6. The zero-order valence-corrected chi connectivity index (χ0v) is 22.6. The van der Waals surface area contributed by atoms with Crippen LogP contribution >= 0.6 is 0 Å². The zero-order chi connectivity index (χ0) is 25.3. The van der Waals surface area contributed by atoms with Gasteiger partial charge in [-0.25, -0.2) is 0 Å². The van der Waals surface area contributed by atoms with Crippen LogP contribution in [-0.4, -0.2) is 0 Å². The molecule has 0 fully saturated rings. The molecule has 1 atom stereocenters. The van der Waals surface area contributed by atoms with Gasteiger partial charge in [-0.05, 0) is 83.5 Å². The van der Waals surface area contributed by atoms with Crippen LogP contribution < -0.4 is 4.90 Å². The average molecular weight is 462 g/mol. The molecule has 0 spiro atoms. The summed E-state index contributed by atoms with van der Waals surface area (Å²) in [6.07, 6.45) is 0. The van der Waals surface area contributed by atoms with Gasteiger partial charge in [0.2, 0.25) is 0 Å². The zero-order valence-electron chi connectivity index (χ0n) is 22.6. The van der Waals surface area contributed by atoms with E-state index in [4.69, 9.17) is 0 Å². The monoisotopic (exact) mass is 461 g/mol. The lowest BCUT2D eigenvalue weighted by Crippen LogP contribution is -2.13. The Morgan fingerprint density at radius 2 is 1.03 bits per heavy atom. The van der Waals surface area contributed by atoms with Crippen molar-refractivity contribution >= 4 is 17.1 Å². The van der Waals surface area contributed by atoms with E-state index >= 15 is 0 Å². The summed E-state index contributed by atoms with van der Waals surface area (Å²) >= 11 is 0. The standard InChI is InChI=1S/C32H33N.C2H6/c1-21-7-12-25(13-8-21)33(26-14-10-24(11-15-26)32(4,5)6)27-16-18-29-28-17-9-22(2)19-30(28)23(3)31(29)20-27;1-2/h7-20,23H,1-6H3;1-2H3. The van der Waals surface area contributed by atoms with Crippen LogP contribution in [0.15, 0.2) is 84.9 Å². The first-order valence-corrected chi connectivity index (χ1v) is 12.9. The summed E-state index contributed by atoms with van der Waals surface area (Å²) in [4.78, 5) is 2.38. The number of anilines is 3. The van der Waals surface area contributed by atoms with Crippen LogP contribution in [0.4, 0.5) is 17.1 Å². The molecule has 0 radical (unpaired) electrons. The topological polar surface area (TPSA) is 3.24 Å². The van der Waals surface area contributed by atoms with Gasteiger partial charge in [0, 0.05) is 23.0 Å². The molecular formula is C34H39N. The summed E-state index contributed by atoms with van der Waals surface area (Å²) < 4.78 is 0. The van der Waals surface area contributed by atoms with Gasteiger partial charge in [0.1, 0.15) is 0 Å². The second kappa shape index (κ2) is 9.74. The van der Waals surface area contributed by atoms with Gasteiger partial charge in [0.05, 0.1) is 0 Å². The van der Waals surface area contributed by atoms with Gasteiger partial charge in [-0.15, -0.1) is 0 Å². The van der Waals surface area contributed by atoms with Gasteiger partial charge in [0.25, 0.3) is 0 Å². The van der Waals surface area contributed by atoms with Gasteiger partial charge in [-0.1, -0.05) is 101 Å². The van der Waals surface area contributed by atoms with E-state index in [1.807, 2.05) is 13.8 Å². The minimum absolute atomic E-state index is 0.139. The molecule has 0 aromatic heterocycles. The van der Waals surface area contributed by atoms with Crippen molar-refractivity contribution in [2.24, 2.45) is 0 Å². The third-order valence-corrected chi connectivity index (χ3v) is 7.01. The van der Waals surface area contributed by atoms with Gasteiger partial charge in [-0.3, -0.25) is 0 Å². The molecule has 0 N–H and O–H groups in total. The van der Waals surface area contributed by atoms with Crippen LogP contribution in [0.3, 0.4) is 0 Å². The van der Waals surface area contributed by atoms with Crippen molar-refractivity contribution in [2.45, 2.75) is 66.7 Å². The number of aryl methyl sites for hydroxylation is 2. The normalized spacial score (nSPS) is 14.0. The molecule has 1 nitrogen and oxygen atoms in total. The Hall–Kier alpha value is -3.32. The molecular weight excluding hydrogens is 422 g/mol. The third-order valence-electron chi connectivity index (χ3n) is 7.01. The van der Waals surface area contributed by atoms with Crippen LogP contribution in [0.1, 0.15) is 75.3 Å². The van der Waals surface area contributed by atoms with Crippen molar-refractivity contribution in [3.05, 3.63) is 113 Å². The fraction of sp³-hybridized carbons (Fsp3) is 0.294. The van der Waals surface area contributed by atoms with E-state index in [1.54, 1.807) is 0 Å². The second-order valence-electron chi connectivity index (χ2n) is 10.6. The molecule has 5 rings (SSSR count). The van der Waals surface area contributed by atoms with Crippen molar-refractivity contribution < 1.29 is 0 Å². The number of fused-ring (bicyclic) bond motifs is 3. The Bertz CT molecular complexity index is 1300. The summed E-state index contributed by atoms with van der Waals surface area (Å²) in [6.45, 7) is 17.5. The van der Waals surface area contributed by atoms with E-state index in [0.717, 1.165) is 0 Å². The van der Waals surface area contributed by atoms with E-state index in [0.29, 0.717) is 5.92 Å². The molecule has 1 unspecified atom stereocenters. The minimum atomic E-state index is 0.139. The quantitative estimate of drug-likeness (QED) is 0.293. The Morgan fingerprint density at radius 3 is 1.60 bits per heavy atom. The van der Waals surface area contributed by atoms with Crippen molar-refractivity contribution in [3.8, 4) is 11.1 Å². The molecule has 0 amide bonds. The van der Waals surface area contributed by atoms with E-state index in [2.05, 4.69) is 131 Å². The van der Waals surface area contributed by atoms with Gasteiger partial charge in [-0.2, -0.15) is 0 Å². The lowest BCUT2D eigenvalue weighted by atomic mass is 9.87. The van der Waals surface area contributed by atoms with Gasteiger partial charge in [0.15, 0.2) is 0 Å². The molecule has 1 heteroatoms. The Labute approximate surface area is 212 Å². The molecule has 1 aliphatic rings. The van der Waals surface area contributed by atoms with Crippen molar-refractivity contribution in [1.29, 1.82) is 0 Å². The van der Waals surface area contributed by atoms with Gasteiger partial charge < -0.3 is 4.90 Å². The number of nitrogens with zero attached hydrogens (tertiary/aromatic N) is 1. The van der Waals surface area contributed by atoms with E-state index in [9.17, 15) is 0 Å². The van der Waals surface area contributed by atoms with Crippen molar-refractivity contribution in [2.75, 3.05) is 4.90 Å². The SMILES string of the molecule is CC.Cc1ccc(N(c2ccc(C(C)(C)C)cc2)c2ccc3c(c2)C(C)c2cc(C)ccc2-3)cc1. The molecule has 180 valence electrons. The highest BCUT2D eigenvalue weighted by atomic mass is 15.1. The number of rotatable bonds is 3. The molecule has 0 heterocycles. The predicted molar refractivity (Wildman–Crippen MR) is 154 cm³/mol. The maximum atomic E-state index is 2.40. The van der Waals surface area contributed by atoms with Crippen LogP contribution in [0, 0.1) is 13.8 Å². The lowest BCUT2D eigenvalue weighted by Gasteiger charge is -2.28. The number of benzene rings is 4. The number of hydrogen-bond acceptors (Lipinski definition) is 1. The highest BCUT2D eigenvalue weighted by Crippen LogP contribution is 2.47. The molecule has 1 aliphatic carbocycles. The first-order chi connectivity index (χ1) is 16.7. The summed E-state index contributed by atoms with van der Waals surface area (Å²) in [5, 5.41) is 0. The maximum absolute atomic E-state index is 2.40. The van der Waals surface area contributed by atoms with Crippen LogP contribution in [0.2, 0.25) is 0 Å². The first-order valence-electron chi connectivity index (χ1n) is 12.9. The van der Waals surface area contributed by atoms with Crippen molar-refractivity contribution in [1.82, 2.24) is 0 Å². The lowest BCUT2D eigenvalue weighted by molar-refractivity contribution is 0.590. The van der Waals surface area contributed by atoms with Gasteiger partial charge >= 0.3 is 0 Å². The maximum Gasteiger partial charge on any atom is 0.0465 e. The molecule has 0 aliphatic heterocycles. The van der Waals surface area contributed by atoms with E-state index in [1.165, 1.54) is 56.0 Å². The summed E-state index contributed by atoms with van der Waals surface area (Å²) in [5.74, 6) is 0.401. The summed E-state index contributed by atoms with van der Waals surface area (Å²) in [6, 6.07) is 31.7. The fourth-order valence-electron chi connectivity index (χ4n) is 5.00. The van der Waals surface area contributed by atoms with Crippen molar-refractivity contribution in [3.63, 3.8) is 0 Å². The molecule has 4 aromatic carbocycles. The Kier molecular flexibility index (Phi) is 6.90. The van der Waals surface area contributed by atoms with E-state index < -0.39 is 0 Å². The number of hydrogen-bond donors (Lipinski definition) is 0. The minimum Gasteiger partial charge on any atom is -0.310 e. The highest BCUT2D eigenvalue weighted by molar-refractivity contribution is 5.84. The molecule has 0 saturated carbocycles.